The zero-order valence-corrected chi connectivity index (χ0v) is 17.2. The number of urea groups is 1. The summed E-state index contributed by atoms with van der Waals surface area (Å²) in [6.45, 7) is 1.11. The van der Waals surface area contributed by atoms with E-state index in [1.54, 1.807) is 55.5 Å². The number of rotatable bonds is 6. The highest BCUT2D eigenvalue weighted by Gasteiger charge is 2.49. The molecule has 164 valence electrons. The molecular formula is C21H19N5O6. The number of imide groups is 1. The van der Waals surface area contributed by atoms with E-state index in [1.165, 1.54) is 7.11 Å². The Hall–Kier alpha value is -4.41. The molecule has 1 aliphatic heterocycles. The molecule has 11 nitrogen and oxygen atoms in total. The second-order valence-electron chi connectivity index (χ2n) is 7.25. The molecule has 0 saturated carbocycles. The second kappa shape index (κ2) is 8.02. The lowest BCUT2D eigenvalue weighted by atomic mass is 9.92. The maximum atomic E-state index is 13.0. The molecule has 1 fully saturated rings. The first-order valence-corrected chi connectivity index (χ1v) is 9.55. The average Bonchev–Trinajstić information content (AvgIpc) is 3.31. The number of carbonyl (C=O) groups is 3. The minimum atomic E-state index is -1.30. The van der Waals surface area contributed by atoms with Gasteiger partial charge in [-0.15, -0.1) is 0 Å². The van der Waals surface area contributed by atoms with Crippen LogP contribution in [0.1, 0.15) is 12.5 Å². The molecule has 1 atom stereocenters. The summed E-state index contributed by atoms with van der Waals surface area (Å²) in [4.78, 5) is 52.4. The summed E-state index contributed by atoms with van der Waals surface area (Å²) in [5.74, 6) is -0.999. The maximum Gasteiger partial charge on any atom is 0.439 e. The van der Waals surface area contributed by atoms with Crippen LogP contribution >= 0.6 is 0 Å². The average molecular weight is 437 g/mol. The molecular weight excluding hydrogens is 418 g/mol. The molecule has 0 aliphatic carbocycles. The Morgan fingerprint density at radius 2 is 1.94 bits per heavy atom. The first-order chi connectivity index (χ1) is 15.3. The van der Waals surface area contributed by atoms with E-state index in [0.717, 1.165) is 4.90 Å². The Morgan fingerprint density at radius 3 is 2.59 bits per heavy atom. The molecule has 4 amide bonds. The van der Waals surface area contributed by atoms with Crippen LogP contribution in [0, 0.1) is 0 Å². The summed E-state index contributed by atoms with van der Waals surface area (Å²) in [6, 6.07) is 12.6. The summed E-state index contributed by atoms with van der Waals surface area (Å²) in [6.07, 6.45) is 0. The van der Waals surface area contributed by atoms with Crippen molar-refractivity contribution in [3.63, 3.8) is 0 Å². The molecule has 0 bridgehead atoms. The van der Waals surface area contributed by atoms with Crippen molar-refractivity contribution in [2.75, 3.05) is 19.0 Å². The number of aromatic amines is 1. The summed E-state index contributed by atoms with van der Waals surface area (Å²) in [5.41, 5.74) is 0.161. The van der Waals surface area contributed by atoms with Gasteiger partial charge in [-0.1, -0.05) is 29.4 Å². The van der Waals surface area contributed by atoms with E-state index >= 15 is 0 Å². The van der Waals surface area contributed by atoms with Crippen LogP contribution in [0.4, 0.5) is 10.5 Å². The van der Waals surface area contributed by atoms with Crippen LogP contribution in [0.15, 0.2) is 57.8 Å². The Bertz CT molecular complexity index is 1250. The molecule has 11 heteroatoms. The molecule has 1 unspecified atom stereocenters. The molecule has 1 aromatic heterocycles. The van der Waals surface area contributed by atoms with Gasteiger partial charge in [-0.05, 0) is 36.8 Å². The highest BCUT2D eigenvalue weighted by Crippen LogP contribution is 2.30. The van der Waals surface area contributed by atoms with Gasteiger partial charge in [0.15, 0.2) is 5.82 Å². The number of benzene rings is 2. The first-order valence-electron chi connectivity index (χ1n) is 9.55. The molecule has 2 aromatic carbocycles. The minimum absolute atomic E-state index is 0.204. The largest absolute Gasteiger partial charge is 0.497 e. The zero-order valence-electron chi connectivity index (χ0n) is 17.2. The Balaban J connectivity index is 1.47. The Kier molecular flexibility index (Phi) is 5.23. The molecule has 4 rings (SSSR count). The molecule has 0 radical (unpaired) electrons. The number of ether oxygens (including phenoxy) is 1. The standard InChI is InChI=1S/C21H19N5O6/c1-21(13-6-8-15(31-2)9-7-13)18(28)26(19(29)24-21)11-16(27)22-14-5-3-4-12(10-14)17-23-20(30)32-25-17/h3-10H,11H2,1-2H3,(H,22,27)(H,24,29)(H,23,25,30). The van der Waals surface area contributed by atoms with E-state index in [4.69, 9.17) is 4.74 Å². The van der Waals surface area contributed by atoms with Crippen molar-refractivity contribution in [1.29, 1.82) is 0 Å². The lowest BCUT2D eigenvalue weighted by Crippen LogP contribution is -2.42. The number of hydrogen-bond donors (Lipinski definition) is 3. The van der Waals surface area contributed by atoms with Crippen molar-refractivity contribution in [3.05, 3.63) is 64.6 Å². The number of amides is 4. The van der Waals surface area contributed by atoms with Crippen LogP contribution in [0.5, 0.6) is 5.75 Å². The number of carbonyl (C=O) groups excluding carboxylic acids is 3. The van der Waals surface area contributed by atoms with E-state index in [0.29, 0.717) is 22.6 Å². The number of methoxy groups -OCH3 is 1. The molecule has 3 aromatic rings. The van der Waals surface area contributed by atoms with Gasteiger partial charge in [-0.3, -0.25) is 24.0 Å². The van der Waals surface area contributed by atoms with E-state index < -0.39 is 35.7 Å². The van der Waals surface area contributed by atoms with Crippen molar-refractivity contribution >= 4 is 23.5 Å². The number of H-pyrrole nitrogens is 1. The van der Waals surface area contributed by atoms with E-state index in [2.05, 4.69) is 25.3 Å². The van der Waals surface area contributed by atoms with Gasteiger partial charge >= 0.3 is 11.8 Å². The summed E-state index contributed by atoms with van der Waals surface area (Å²) in [7, 11) is 1.53. The number of nitrogens with one attached hydrogen (secondary N) is 3. The van der Waals surface area contributed by atoms with E-state index in [1.807, 2.05) is 0 Å². The predicted molar refractivity (Wildman–Crippen MR) is 112 cm³/mol. The maximum absolute atomic E-state index is 13.0. The zero-order chi connectivity index (χ0) is 22.9. The summed E-state index contributed by atoms with van der Waals surface area (Å²) in [5, 5.41) is 8.88. The van der Waals surface area contributed by atoms with Crippen LogP contribution < -0.4 is 21.1 Å². The van der Waals surface area contributed by atoms with Gasteiger partial charge in [0.1, 0.15) is 17.8 Å². The van der Waals surface area contributed by atoms with Crippen LogP contribution in [0.25, 0.3) is 11.4 Å². The SMILES string of the molecule is COc1ccc(C2(C)NC(=O)N(CC(=O)Nc3cccc(-c4noc(=O)[nH]4)c3)C2=O)cc1. The fourth-order valence-corrected chi connectivity index (χ4v) is 3.40. The van der Waals surface area contributed by atoms with Crippen LogP contribution in [0.2, 0.25) is 0 Å². The van der Waals surface area contributed by atoms with Gasteiger partial charge in [-0.2, -0.15) is 0 Å². The molecule has 1 saturated heterocycles. The fraction of sp³-hybridized carbons (Fsp3) is 0.190. The number of hydrogen-bond acceptors (Lipinski definition) is 7. The van der Waals surface area contributed by atoms with Crippen LogP contribution in [0.3, 0.4) is 0 Å². The Morgan fingerprint density at radius 1 is 1.19 bits per heavy atom. The normalized spacial score (nSPS) is 17.9. The number of nitrogens with zero attached hydrogens (tertiary/aromatic N) is 2. The molecule has 0 spiro atoms. The highest BCUT2D eigenvalue weighted by molar-refractivity contribution is 6.10. The van der Waals surface area contributed by atoms with Gasteiger partial charge in [0.2, 0.25) is 5.91 Å². The third-order valence-corrected chi connectivity index (χ3v) is 5.10. The monoisotopic (exact) mass is 437 g/mol. The minimum Gasteiger partial charge on any atom is -0.497 e. The van der Waals surface area contributed by atoms with Crippen molar-refractivity contribution in [2.45, 2.75) is 12.5 Å². The highest BCUT2D eigenvalue weighted by atomic mass is 16.5. The number of anilines is 1. The topological polar surface area (TPSA) is 147 Å². The van der Waals surface area contributed by atoms with Gasteiger partial charge in [0.05, 0.1) is 7.11 Å². The van der Waals surface area contributed by atoms with Crippen LogP contribution in [-0.2, 0) is 15.1 Å². The van der Waals surface area contributed by atoms with Gasteiger partial charge in [-0.25, -0.2) is 9.59 Å². The second-order valence-corrected chi connectivity index (χ2v) is 7.25. The lowest BCUT2D eigenvalue weighted by molar-refractivity contribution is -0.133. The molecule has 1 aliphatic rings. The quantitative estimate of drug-likeness (QED) is 0.495. The third kappa shape index (κ3) is 3.83. The predicted octanol–water partition coefficient (Wildman–Crippen LogP) is 1.44. The van der Waals surface area contributed by atoms with Gasteiger partial charge in [0.25, 0.3) is 5.91 Å². The van der Waals surface area contributed by atoms with Crippen molar-refractivity contribution < 1.29 is 23.6 Å². The molecule has 3 N–H and O–H groups in total. The fourth-order valence-electron chi connectivity index (χ4n) is 3.40. The first kappa shape index (κ1) is 20.8. The smallest absolute Gasteiger partial charge is 0.439 e. The Labute approximate surface area is 181 Å². The summed E-state index contributed by atoms with van der Waals surface area (Å²) < 4.78 is 9.60. The number of aromatic nitrogens is 2. The summed E-state index contributed by atoms with van der Waals surface area (Å²) >= 11 is 0. The lowest BCUT2D eigenvalue weighted by Gasteiger charge is -2.22. The van der Waals surface area contributed by atoms with Crippen molar-refractivity contribution in [2.24, 2.45) is 0 Å². The van der Waals surface area contributed by atoms with Gasteiger partial charge in [0, 0.05) is 11.3 Å². The third-order valence-electron chi connectivity index (χ3n) is 5.10. The van der Waals surface area contributed by atoms with E-state index in [-0.39, 0.29) is 5.82 Å². The van der Waals surface area contributed by atoms with Gasteiger partial charge < -0.3 is 15.4 Å². The molecule has 2 heterocycles. The van der Waals surface area contributed by atoms with Crippen molar-refractivity contribution in [3.8, 4) is 17.1 Å². The molecule has 32 heavy (non-hydrogen) atoms. The van der Waals surface area contributed by atoms with Crippen molar-refractivity contribution in [1.82, 2.24) is 20.4 Å². The van der Waals surface area contributed by atoms with E-state index in [9.17, 15) is 19.2 Å². The van der Waals surface area contributed by atoms with Crippen LogP contribution in [-0.4, -0.2) is 46.5 Å².